The van der Waals surface area contributed by atoms with Gasteiger partial charge in [-0.1, -0.05) is 17.3 Å². The maximum absolute atomic E-state index is 14.2. The van der Waals surface area contributed by atoms with Crippen molar-refractivity contribution in [2.45, 2.75) is 36.2 Å². The van der Waals surface area contributed by atoms with Gasteiger partial charge in [-0.15, -0.1) is 17.7 Å². The van der Waals surface area contributed by atoms with Gasteiger partial charge in [0.25, 0.3) is 0 Å². The summed E-state index contributed by atoms with van der Waals surface area (Å²) in [6, 6.07) is 6.55. The Morgan fingerprint density at radius 1 is 1.34 bits per heavy atom. The molecule has 0 spiro atoms. The van der Waals surface area contributed by atoms with Crippen molar-refractivity contribution in [1.82, 2.24) is 20.0 Å². The van der Waals surface area contributed by atoms with E-state index < -0.39 is 35.9 Å². The number of hydrogen-bond acceptors (Lipinski definition) is 8. The van der Waals surface area contributed by atoms with Crippen LogP contribution in [0.15, 0.2) is 47.3 Å². The predicted molar refractivity (Wildman–Crippen MR) is 121 cm³/mol. The standard InChI is InChI=1S/C21H22BrFN4O4S/c1-11-3-4-12(5-15(11)23)16-9-27(26-25-16)21(13-6-14(22)8-24-7-13)18(29)17(10-28)31-20(32)19(21)30-2/h3-9,17-20,28-29,32H,10H2,1-2H3/t17-,18+,19+,20-,21+/m0/s1. The molecular formula is C21H22BrFN4O4S. The second-order valence-electron chi connectivity index (χ2n) is 7.58. The van der Waals surface area contributed by atoms with Crippen LogP contribution >= 0.6 is 28.6 Å². The molecule has 3 aromatic rings. The molecule has 5 atom stereocenters. The molecule has 0 aliphatic carbocycles. The Bertz CT molecular complexity index is 1120. The van der Waals surface area contributed by atoms with Gasteiger partial charge in [0, 0.05) is 35.1 Å². The second kappa shape index (κ2) is 9.16. The molecule has 2 N–H and O–H groups in total. The zero-order chi connectivity index (χ0) is 23.0. The molecule has 4 rings (SSSR count). The molecule has 0 radical (unpaired) electrons. The van der Waals surface area contributed by atoms with Crippen LogP contribution in [0.3, 0.4) is 0 Å². The minimum atomic E-state index is -1.40. The number of aliphatic hydroxyl groups excluding tert-OH is 2. The van der Waals surface area contributed by atoms with E-state index in [9.17, 15) is 14.6 Å². The fourth-order valence-electron chi connectivity index (χ4n) is 4.13. The van der Waals surface area contributed by atoms with Gasteiger partial charge in [-0.25, -0.2) is 9.07 Å². The van der Waals surface area contributed by atoms with Crippen molar-refractivity contribution >= 4 is 28.6 Å². The van der Waals surface area contributed by atoms with Gasteiger partial charge < -0.3 is 19.7 Å². The molecule has 170 valence electrons. The van der Waals surface area contributed by atoms with E-state index in [1.165, 1.54) is 17.9 Å². The lowest BCUT2D eigenvalue weighted by molar-refractivity contribution is -0.213. The minimum Gasteiger partial charge on any atom is -0.394 e. The Morgan fingerprint density at radius 2 is 2.12 bits per heavy atom. The van der Waals surface area contributed by atoms with E-state index in [4.69, 9.17) is 9.47 Å². The molecule has 0 unspecified atom stereocenters. The minimum absolute atomic E-state index is 0.361. The van der Waals surface area contributed by atoms with E-state index in [1.54, 1.807) is 43.7 Å². The number of aryl methyl sites for hydroxylation is 1. The van der Waals surface area contributed by atoms with E-state index in [1.807, 2.05) is 0 Å². The van der Waals surface area contributed by atoms with Gasteiger partial charge in [-0.05, 0) is 40.5 Å². The number of aromatic nitrogens is 4. The second-order valence-corrected chi connectivity index (χ2v) is 9.00. The van der Waals surface area contributed by atoms with Crippen LogP contribution in [0.25, 0.3) is 11.3 Å². The summed E-state index contributed by atoms with van der Waals surface area (Å²) in [6.45, 7) is 1.22. The van der Waals surface area contributed by atoms with Gasteiger partial charge in [0.05, 0.1) is 12.8 Å². The molecule has 32 heavy (non-hydrogen) atoms. The van der Waals surface area contributed by atoms with Crippen molar-refractivity contribution in [1.29, 1.82) is 0 Å². The van der Waals surface area contributed by atoms with Crippen molar-refractivity contribution in [2.24, 2.45) is 0 Å². The van der Waals surface area contributed by atoms with Gasteiger partial charge in [0.1, 0.15) is 40.8 Å². The molecule has 11 heteroatoms. The average molecular weight is 525 g/mol. The number of ether oxygens (including phenoxy) is 2. The fraction of sp³-hybridized carbons (Fsp3) is 0.381. The quantitative estimate of drug-likeness (QED) is 0.440. The molecule has 1 aliphatic heterocycles. The van der Waals surface area contributed by atoms with Gasteiger partial charge in [-0.3, -0.25) is 4.98 Å². The number of halogens is 2. The Morgan fingerprint density at radius 3 is 2.78 bits per heavy atom. The first-order valence-corrected chi connectivity index (χ1v) is 11.1. The summed E-state index contributed by atoms with van der Waals surface area (Å²) in [5.74, 6) is -0.361. The summed E-state index contributed by atoms with van der Waals surface area (Å²) in [4.78, 5) is 4.24. The van der Waals surface area contributed by atoms with Crippen LogP contribution in [0.5, 0.6) is 0 Å². The van der Waals surface area contributed by atoms with E-state index in [0.717, 1.165) is 0 Å². The largest absolute Gasteiger partial charge is 0.394 e. The number of aliphatic hydroxyl groups is 2. The fourth-order valence-corrected chi connectivity index (χ4v) is 5.00. The van der Waals surface area contributed by atoms with E-state index >= 15 is 0 Å². The van der Waals surface area contributed by atoms with Crippen molar-refractivity contribution < 1.29 is 24.1 Å². The summed E-state index contributed by atoms with van der Waals surface area (Å²) < 4.78 is 27.7. The van der Waals surface area contributed by atoms with Crippen LogP contribution in [0.2, 0.25) is 0 Å². The summed E-state index contributed by atoms with van der Waals surface area (Å²) in [6.07, 6.45) is 1.65. The normalized spacial score (nSPS) is 28.1. The topological polar surface area (TPSA) is 103 Å². The van der Waals surface area contributed by atoms with E-state index in [-0.39, 0.29) is 5.82 Å². The Labute approximate surface area is 197 Å². The number of thiol groups is 1. The van der Waals surface area contributed by atoms with Gasteiger partial charge in [0.2, 0.25) is 0 Å². The highest BCUT2D eigenvalue weighted by atomic mass is 79.9. The van der Waals surface area contributed by atoms with E-state index in [0.29, 0.717) is 26.9 Å². The number of methoxy groups -OCH3 is 1. The Kier molecular flexibility index (Phi) is 6.66. The first kappa shape index (κ1) is 23.3. The summed E-state index contributed by atoms with van der Waals surface area (Å²) in [5, 5.41) is 29.9. The SMILES string of the molecule is CO[C@@H]1[C@H](S)O[C@@H](CO)[C@@H](O)[C@@]1(c1cncc(Br)c1)n1cc(-c2ccc(C)c(F)c2)nn1. The smallest absolute Gasteiger partial charge is 0.149 e. The molecule has 0 saturated carbocycles. The highest BCUT2D eigenvalue weighted by molar-refractivity contribution is 9.10. The zero-order valence-electron chi connectivity index (χ0n) is 17.3. The monoisotopic (exact) mass is 524 g/mol. The molecule has 3 heterocycles. The number of hydrogen-bond donors (Lipinski definition) is 3. The van der Waals surface area contributed by atoms with Crippen molar-refractivity contribution in [3.05, 3.63) is 64.3 Å². The predicted octanol–water partition coefficient (Wildman–Crippen LogP) is 2.32. The highest BCUT2D eigenvalue weighted by Crippen LogP contribution is 2.44. The van der Waals surface area contributed by atoms with Gasteiger partial charge >= 0.3 is 0 Å². The molecular weight excluding hydrogens is 503 g/mol. The van der Waals surface area contributed by atoms with E-state index in [2.05, 4.69) is 43.9 Å². The Balaban J connectivity index is 1.94. The maximum Gasteiger partial charge on any atom is 0.149 e. The van der Waals surface area contributed by atoms with Gasteiger partial charge in [-0.2, -0.15) is 0 Å². The molecule has 1 aliphatic rings. The van der Waals surface area contributed by atoms with Gasteiger partial charge in [0.15, 0.2) is 0 Å². The summed E-state index contributed by atoms with van der Waals surface area (Å²) >= 11 is 7.94. The molecule has 8 nitrogen and oxygen atoms in total. The molecule has 2 aromatic heterocycles. The molecule has 1 saturated heterocycles. The average Bonchev–Trinajstić information content (AvgIpc) is 3.27. The first-order chi connectivity index (χ1) is 15.3. The highest BCUT2D eigenvalue weighted by Gasteiger charge is 2.59. The molecule has 0 amide bonds. The van der Waals surface area contributed by atoms with Crippen LogP contribution < -0.4 is 0 Å². The zero-order valence-corrected chi connectivity index (χ0v) is 19.7. The maximum atomic E-state index is 14.2. The van der Waals surface area contributed by atoms with Crippen molar-refractivity contribution in [3.63, 3.8) is 0 Å². The summed E-state index contributed by atoms with van der Waals surface area (Å²) in [5.41, 5.74) is -0.240. The van der Waals surface area contributed by atoms with Crippen molar-refractivity contribution in [2.75, 3.05) is 13.7 Å². The summed E-state index contributed by atoms with van der Waals surface area (Å²) in [7, 11) is 1.47. The van der Waals surface area contributed by atoms with Crippen LogP contribution in [-0.2, 0) is 15.0 Å². The molecule has 1 aromatic carbocycles. The molecule has 1 fully saturated rings. The molecule has 0 bridgehead atoms. The first-order valence-electron chi connectivity index (χ1n) is 9.78. The van der Waals surface area contributed by atoms with Crippen LogP contribution in [-0.4, -0.2) is 67.7 Å². The lowest BCUT2D eigenvalue weighted by Crippen LogP contribution is -2.67. The van der Waals surface area contributed by atoms with Crippen LogP contribution in [0.4, 0.5) is 4.39 Å². The number of nitrogens with zero attached hydrogens (tertiary/aromatic N) is 4. The number of pyridine rings is 1. The lowest BCUT2D eigenvalue weighted by Gasteiger charge is -2.51. The number of rotatable bonds is 5. The third kappa shape index (κ3) is 3.76. The Hall–Kier alpha value is -1.89. The number of benzene rings is 1. The van der Waals surface area contributed by atoms with Crippen LogP contribution in [0.1, 0.15) is 11.1 Å². The van der Waals surface area contributed by atoms with Crippen molar-refractivity contribution in [3.8, 4) is 11.3 Å². The third-order valence-electron chi connectivity index (χ3n) is 5.75. The third-order valence-corrected chi connectivity index (χ3v) is 6.58. The lowest BCUT2D eigenvalue weighted by atomic mass is 9.76. The van der Waals surface area contributed by atoms with Crippen LogP contribution in [0, 0.1) is 12.7 Å².